The number of nitrogens with two attached hydrogens (primary N) is 1. The number of aldehydes is 1. The highest BCUT2D eigenvalue weighted by Crippen LogP contribution is 2.01. The van der Waals surface area contributed by atoms with Crippen LogP contribution < -0.4 is 11.1 Å². The van der Waals surface area contributed by atoms with E-state index in [0.29, 0.717) is 50.6 Å². The molecule has 1 aromatic carbocycles. The lowest BCUT2D eigenvalue weighted by Gasteiger charge is -2.07. The van der Waals surface area contributed by atoms with E-state index >= 15 is 0 Å². The Morgan fingerprint density at radius 2 is 1.75 bits per heavy atom. The fourth-order valence-electron chi connectivity index (χ4n) is 1.46. The Labute approximate surface area is 118 Å². The third-order valence-corrected chi connectivity index (χ3v) is 2.48. The highest BCUT2D eigenvalue weighted by atomic mass is 16.5. The minimum Gasteiger partial charge on any atom is -0.378 e. The minimum absolute atomic E-state index is 0.189. The zero-order valence-corrected chi connectivity index (χ0v) is 11.3. The molecule has 110 valence electrons. The summed E-state index contributed by atoms with van der Waals surface area (Å²) >= 11 is 0. The van der Waals surface area contributed by atoms with Gasteiger partial charge in [-0.15, -0.1) is 0 Å². The number of carbonyl (C=O) groups is 2. The molecule has 6 nitrogen and oxygen atoms in total. The summed E-state index contributed by atoms with van der Waals surface area (Å²) in [5.41, 5.74) is 6.32. The van der Waals surface area contributed by atoms with Crippen LogP contribution in [0.15, 0.2) is 24.3 Å². The molecule has 0 heterocycles. The number of nitrogens with one attached hydrogen (secondary N) is 1. The van der Waals surface area contributed by atoms with E-state index in [4.69, 9.17) is 15.2 Å². The monoisotopic (exact) mass is 280 g/mol. The van der Waals surface area contributed by atoms with Gasteiger partial charge in [0.2, 0.25) is 0 Å². The van der Waals surface area contributed by atoms with Crippen molar-refractivity contribution in [2.45, 2.75) is 0 Å². The second-order valence-corrected chi connectivity index (χ2v) is 4.01. The van der Waals surface area contributed by atoms with Crippen LogP contribution in [-0.2, 0) is 9.47 Å². The Morgan fingerprint density at radius 1 is 1.10 bits per heavy atom. The molecule has 0 fully saturated rings. The van der Waals surface area contributed by atoms with Crippen molar-refractivity contribution in [1.82, 2.24) is 5.32 Å². The molecule has 0 atom stereocenters. The average Bonchev–Trinajstić information content (AvgIpc) is 2.50. The van der Waals surface area contributed by atoms with E-state index in [-0.39, 0.29) is 5.91 Å². The van der Waals surface area contributed by atoms with Gasteiger partial charge in [0.25, 0.3) is 5.91 Å². The van der Waals surface area contributed by atoms with E-state index in [2.05, 4.69) is 5.32 Å². The maximum atomic E-state index is 11.7. The fourth-order valence-corrected chi connectivity index (χ4v) is 1.46. The lowest BCUT2D eigenvalue weighted by atomic mass is 10.1. The van der Waals surface area contributed by atoms with E-state index < -0.39 is 0 Å². The Bertz CT molecular complexity index is 406. The molecular weight excluding hydrogens is 260 g/mol. The second kappa shape index (κ2) is 10.1. The lowest BCUT2D eigenvalue weighted by Crippen LogP contribution is -2.27. The van der Waals surface area contributed by atoms with Gasteiger partial charge in [0.1, 0.15) is 6.29 Å². The topological polar surface area (TPSA) is 90.7 Å². The molecule has 0 aliphatic carbocycles. The first kappa shape index (κ1) is 16.3. The first-order chi connectivity index (χ1) is 9.77. The number of rotatable bonds is 10. The van der Waals surface area contributed by atoms with Crippen LogP contribution in [0.25, 0.3) is 0 Å². The van der Waals surface area contributed by atoms with Gasteiger partial charge in [0.05, 0.1) is 26.4 Å². The summed E-state index contributed by atoms with van der Waals surface area (Å²) < 4.78 is 10.4. The molecule has 0 aliphatic rings. The Balaban J connectivity index is 2.12. The maximum absolute atomic E-state index is 11.7. The molecule has 0 saturated heterocycles. The molecule has 0 radical (unpaired) electrons. The predicted octanol–water partition coefficient (Wildman–Crippen LogP) is 0.221. The predicted molar refractivity (Wildman–Crippen MR) is 74.9 cm³/mol. The van der Waals surface area contributed by atoms with Crippen molar-refractivity contribution in [1.29, 1.82) is 0 Å². The van der Waals surface area contributed by atoms with E-state index in [1.165, 1.54) is 0 Å². The molecule has 0 unspecified atom stereocenters. The Kier molecular flexibility index (Phi) is 8.21. The molecule has 6 heteroatoms. The van der Waals surface area contributed by atoms with Gasteiger partial charge in [-0.1, -0.05) is 12.1 Å². The SMILES string of the molecule is NCCOCCOCCNC(=O)c1ccc(C=O)cc1. The average molecular weight is 280 g/mol. The number of carbonyl (C=O) groups excluding carboxylic acids is 2. The van der Waals surface area contributed by atoms with Crippen LogP contribution in [0, 0.1) is 0 Å². The largest absolute Gasteiger partial charge is 0.378 e. The molecule has 0 spiro atoms. The summed E-state index contributed by atoms with van der Waals surface area (Å²) in [6, 6.07) is 6.43. The summed E-state index contributed by atoms with van der Waals surface area (Å²) in [5.74, 6) is -0.189. The van der Waals surface area contributed by atoms with Crippen LogP contribution in [0.1, 0.15) is 20.7 Å². The lowest BCUT2D eigenvalue weighted by molar-refractivity contribution is 0.0511. The molecule has 0 aromatic heterocycles. The summed E-state index contributed by atoms with van der Waals surface area (Å²) in [5, 5.41) is 2.73. The van der Waals surface area contributed by atoms with Crippen molar-refractivity contribution in [2.24, 2.45) is 5.73 Å². The van der Waals surface area contributed by atoms with Crippen LogP contribution in [0.3, 0.4) is 0 Å². The maximum Gasteiger partial charge on any atom is 0.251 e. The first-order valence-electron chi connectivity index (χ1n) is 6.47. The van der Waals surface area contributed by atoms with Crippen molar-refractivity contribution in [3.05, 3.63) is 35.4 Å². The zero-order chi connectivity index (χ0) is 14.6. The van der Waals surface area contributed by atoms with Gasteiger partial charge in [0, 0.05) is 24.2 Å². The van der Waals surface area contributed by atoms with Gasteiger partial charge < -0.3 is 20.5 Å². The molecule has 1 amide bonds. The normalized spacial score (nSPS) is 10.2. The summed E-state index contributed by atoms with van der Waals surface area (Å²) in [6.07, 6.45) is 0.738. The number of hydrogen-bond acceptors (Lipinski definition) is 5. The van der Waals surface area contributed by atoms with Gasteiger partial charge in [0.15, 0.2) is 0 Å². The third-order valence-electron chi connectivity index (χ3n) is 2.48. The number of benzene rings is 1. The van der Waals surface area contributed by atoms with Crippen LogP contribution in [-0.4, -0.2) is 51.7 Å². The van der Waals surface area contributed by atoms with E-state index in [9.17, 15) is 9.59 Å². The Morgan fingerprint density at radius 3 is 2.35 bits per heavy atom. The molecule has 0 saturated carbocycles. The molecule has 20 heavy (non-hydrogen) atoms. The standard InChI is InChI=1S/C14H20N2O4/c15-5-7-19-9-10-20-8-6-16-14(18)13-3-1-12(11-17)2-4-13/h1-4,11H,5-10,15H2,(H,16,18). The smallest absolute Gasteiger partial charge is 0.251 e. The van der Waals surface area contributed by atoms with Crippen LogP contribution >= 0.6 is 0 Å². The van der Waals surface area contributed by atoms with Gasteiger partial charge >= 0.3 is 0 Å². The second-order valence-electron chi connectivity index (χ2n) is 4.01. The number of ether oxygens (including phenoxy) is 2. The zero-order valence-electron chi connectivity index (χ0n) is 11.3. The van der Waals surface area contributed by atoms with Gasteiger partial charge in [-0.3, -0.25) is 9.59 Å². The molecular formula is C14H20N2O4. The molecule has 0 bridgehead atoms. The quantitative estimate of drug-likeness (QED) is 0.472. The molecule has 0 aliphatic heterocycles. The Hall–Kier alpha value is -1.76. The van der Waals surface area contributed by atoms with Crippen LogP contribution in [0.4, 0.5) is 0 Å². The summed E-state index contributed by atoms with van der Waals surface area (Å²) in [7, 11) is 0. The number of amides is 1. The van der Waals surface area contributed by atoms with Crippen molar-refractivity contribution in [2.75, 3.05) is 39.5 Å². The summed E-state index contributed by atoms with van der Waals surface area (Å²) in [4.78, 5) is 22.2. The van der Waals surface area contributed by atoms with Crippen molar-refractivity contribution >= 4 is 12.2 Å². The highest BCUT2D eigenvalue weighted by molar-refractivity contribution is 5.94. The van der Waals surface area contributed by atoms with E-state index in [1.807, 2.05) is 0 Å². The van der Waals surface area contributed by atoms with Crippen LogP contribution in [0.2, 0.25) is 0 Å². The van der Waals surface area contributed by atoms with Gasteiger partial charge in [-0.2, -0.15) is 0 Å². The van der Waals surface area contributed by atoms with E-state index in [0.717, 1.165) is 6.29 Å². The molecule has 1 aromatic rings. The highest BCUT2D eigenvalue weighted by Gasteiger charge is 2.04. The van der Waals surface area contributed by atoms with Crippen LogP contribution in [0.5, 0.6) is 0 Å². The van der Waals surface area contributed by atoms with Crippen molar-refractivity contribution in [3.8, 4) is 0 Å². The van der Waals surface area contributed by atoms with E-state index in [1.54, 1.807) is 24.3 Å². The number of hydrogen-bond donors (Lipinski definition) is 2. The first-order valence-corrected chi connectivity index (χ1v) is 6.47. The summed E-state index contributed by atoms with van der Waals surface area (Å²) in [6.45, 7) is 2.84. The minimum atomic E-state index is -0.189. The van der Waals surface area contributed by atoms with Gasteiger partial charge in [-0.05, 0) is 12.1 Å². The molecule has 1 rings (SSSR count). The van der Waals surface area contributed by atoms with Crippen molar-refractivity contribution in [3.63, 3.8) is 0 Å². The fraction of sp³-hybridized carbons (Fsp3) is 0.429. The molecule has 3 N–H and O–H groups in total. The van der Waals surface area contributed by atoms with Gasteiger partial charge in [-0.25, -0.2) is 0 Å². The third kappa shape index (κ3) is 6.42. The van der Waals surface area contributed by atoms with Crippen molar-refractivity contribution < 1.29 is 19.1 Å².